The summed E-state index contributed by atoms with van der Waals surface area (Å²) in [7, 11) is 0. The lowest BCUT2D eigenvalue weighted by Crippen LogP contribution is -2.20. The molecule has 0 radical (unpaired) electrons. The quantitative estimate of drug-likeness (QED) is 0.909. The van der Waals surface area contributed by atoms with E-state index in [2.05, 4.69) is 45.2 Å². The smallest absolute Gasteiger partial charge is 0.147 e. The maximum absolute atomic E-state index is 5.54. The van der Waals surface area contributed by atoms with Gasteiger partial charge in [-0.2, -0.15) is 0 Å². The predicted molar refractivity (Wildman–Crippen MR) is 75.9 cm³/mol. The van der Waals surface area contributed by atoms with Crippen molar-refractivity contribution in [3.05, 3.63) is 54.0 Å². The molecule has 98 valence electrons. The van der Waals surface area contributed by atoms with Crippen LogP contribution >= 0.6 is 0 Å². The molecule has 1 aromatic carbocycles. The van der Waals surface area contributed by atoms with Crippen LogP contribution in [0.2, 0.25) is 0 Å². The highest BCUT2D eigenvalue weighted by Crippen LogP contribution is 2.29. The third-order valence-electron chi connectivity index (χ3n) is 3.68. The second-order valence-corrected chi connectivity index (χ2v) is 4.91. The second-order valence-electron chi connectivity index (χ2n) is 4.91. The number of nitrogens with zero attached hydrogens (tertiary/aromatic N) is 3. The van der Waals surface area contributed by atoms with Gasteiger partial charge >= 0.3 is 0 Å². The number of hydrogen-bond donors (Lipinski definition) is 1. The highest BCUT2D eigenvalue weighted by Gasteiger charge is 2.24. The topological polar surface area (TPSA) is 55.0 Å². The summed E-state index contributed by atoms with van der Waals surface area (Å²) < 4.78 is 0. The third-order valence-corrected chi connectivity index (χ3v) is 3.68. The minimum atomic E-state index is 0.444. The SMILES string of the molecule is NCc1cnc(N2CCC(c3ccccc3)C2)cn1. The van der Waals surface area contributed by atoms with Crippen LogP contribution in [0.15, 0.2) is 42.7 Å². The van der Waals surface area contributed by atoms with E-state index in [0.29, 0.717) is 12.5 Å². The van der Waals surface area contributed by atoms with E-state index in [1.165, 1.54) is 12.0 Å². The molecule has 0 amide bonds. The Morgan fingerprint density at radius 1 is 1.16 bits per heavy atom. The summed E-state index contributed by atoms with van der Waals surface area (Å²) in [5, 5.41) is 0. The van der Waals surface area contributed by atoms with Crippen LogP contribution in [0.4, 0.5) is 5.82 Å². The van der Waals surface area contributed by atoms with Crippen LogP contribution in [0.3, 0.4) is 0 Å². The van der Waals surface area contributed by atoms with Gasteiger partial charge in [0.1, 0.15) is 5.82 Å². The highest BCUT2D eigenvalue weighted by molar-refractivity contribution is 5.39. The van der Waals surface area contributed by atoms with E-state index >= 15 is 0 Å². The van der Waals surface area contributed by atoms with Gasteiger partial charge in [-0.1, -0.05) is 30.3 Å². The minimum absolute atomic E-state index is 0.444. The first-order valence-corrected chi connectivity index (χ1v) is 6.67. The van der Waals surface area contributed by atoms with Gasteiger partial charge in [0.2, 0.25) is 0 Å². The Balaban J connectivity index is 1.71. The van der Waals surface area contributed by atoms with E-state index in [0.717, 1.165) is 24.6 Å². The van der Waals surface area contributed by atoms with Crippen LogP contribution < -0.4 is 10.6 Å². The molecular formula is C15H18N4. The Hall–Kier alpha value is -1.94. The largest absolute Gasteiger partial charge is 0.355 e. The summed E-state index contributed by atoms with van der Waals surface area (Å²) in [5.41, 5.74) is 7.78. The standard InChI is InChI=1S/C15H18N4/c16-8-14-9-18-15(10-17-14)19-7-6-13(11-19)12-4-2-1-3-5-12/h1-5,9-10,13H,6-8,11,16H2. The zero-order chi connectivity index (χ0) is 13.1. The lowest BCUT2D eigenvalue weighted by Gasteiger charge is -2.17. The van der Waals surface area contributed by atoms with E-state index in [4.69, 9.17) is 5.73 Å². The van der Waals surface area contributed by atoms with Gasteiger partial charge in [0, 0.05) is 25.6 Å². The lowest BCUT2D eigenvalue weighted by molar-refractivity contribution is 0.774. The molecule has 1 aromatic heterocycles. The van der Waals surface area contributed by atoms with Crippen molar-refractivity contribution >= 4 is 5.82 Å². The molecule has 1 saturated heterocycles. The van der Waals surface area contributed by atoms with E-state index in [9.17, 15) is 0 Å². The number of benzene rings is 1. The number of rotatable bonds is 3. The van der Waals surface area contributed by atoms with Crippen molar-refractivity contribution in [2.24, 2.45) is 5.73 Å². The van der Waals surface area contributed by atoms with Crippen molar-refractivity contribution in [2.75, 3.05) is 18.0 Å². The minimum Gasteiger partial charge on any atom is -0.355 e. The molecule has 2 N–H and O–H groups in total. The van der Waals surface area contributed by atoms with Gasteiger partial charge in [0.05, 0.1) is 18.1 Å². The zero-order valence-electron chi connectivity index (χ0n) is 10.9. The molecule has 1 aliphatic heterocycles. The average molecular weight is 254 g/mol. The van der Waals surface area contributed by atoms with E-state index < -0.39 is 0 Å². The Morgan fingerprint density at radius 2 is 2.00 bits per heavy atom. The molecule has 1 aliphatic rings. The summed E-state index contributed by atoms with van der Waals surface area (Å²) >= 11 is 0. The molecule has 1 fully saturated rings. The monoisotopic (exact) mass is 254 g/mol. The van der Waals surface area contributed by atoms with Gasteiger partial charge in [0.25, 0.3) is 0 Å². The Morgan fingerprint density at radius 3 is 2.68 bits per heavy atom. The van der Waals surface area contributed by atoms with Gasteiger partial charge in [-0.25, -0.2) is 4.98 Å². The molecule has 0 spiro atoms. The zero-order valence-corrected chi connectivity index (χ0v) is 10.9. The van der Waals surface area contributed by atoms with Crippen LogP contribution in [-0.2, 0) is 6.54 Å². The molecule has 2 heterocycles. The molecule has 3 rings (SSSR count). The molecule has 4 heteroatoms. The Labute approximate surface area is 113 Å². The molecule has 1 atom stereocenters. The van der Waals surface area contributed by atoms with Crippen LogP contribution in [0.25, 0.3) is 0 Å². The molecule has 0 saturated carbocycles. The van der Waals surface area contributed by atoms with Crippen molar-refractivity contribution in [3.63, 3.8) is 0 Å². The number of hydrogen-bond acceptors (Lipinski definition) is 4. The fourth-order valence-corrected chi connectivity index (χ4v) is 2.58. The predicted octanol–water partition coefficient (Wildman–Crippen LogP) is 1.93. The first-order valence-electron chi connectivity index (χ1n) is 6.67. The molecule has 0 bridgehead atoms. The number of nitrogens with two attached hydrogens (primary N) is 1. The van der Waals surface area contributed by atoms with Crippen molar-refractivity contribution in [1.82, 2.24) is 9.97 Å². The molecule has 1 unspecified atom stereocenters. The van der Waals surface area contributed by atoms with Crippen molar-refractivity contribution in [3.8, 4) is 0 Å². The first kappa shape index (κ1) is 12.1. The fourth-order valence-electron chi connectivity index (χ4n) is 2.58. The summed E-state index contributed by atoms with van der Waals surface area (Å²) in [5.74, 6) is 1.55. The van der Waals surface area contributed by atoms with E-state index in [1.807, 2.05) is 6.20 Å². The average Bonchev–Trinajstić information content (AvgIpc) is 2.98. The maximum atomic E-state index is 5.54. The van der Waals surface area contributed by atoms with Crippen molar-refractivity contribution in [2.45, 2.75) is 18.9 Å². The molecule has 2 aromatic rings. The summed E-state index contributed by atoms with van der Waals surface area (Å²) in [6.07, 6.45) is 4.77. The third kappa shape index (κ3) is 2.58. The van der Waals surface area contributed by atoms with Gasteiger partial charge in [-0.3, -0.25) is 4.98 Å². The van der Waals surface area contributed by atoms with Crippen molar-refractivity contribution < 1.29 is 0 Å². The summed E-state index contributed by atoms with van der Waals surface area (Å²) in [6.45, 7) is 2.50. The number of anilines is 1. The normalized spacial score (nSPS) is 18.8. The molecule has 19 heavy (non-hydrogen) atoms. The highest BCUT2D eigenvalue weighted by atomic mass is 15.2. The molecule has 4 nitrogen and oxygen atoms in total. The van der Waals surface area contributed by atoms with Gasteiger partial charge in [-0.15, -0.1) is 0 Å². The van der Waals surface area contributed by atoms with Gasteiger partial charge in [-0.05, 0) is 12.0 Å². The lowest BCUT2D eigenvalue weighted by atomic mass is 9.99. The first-order chi connectivity index (χ1) is 9.36. The van der Waals surface area contributed by atoms with Crippen molar-refractivity contribution in [1.29, 1.82) is 0 Å². The Bertz CT molecular complexity index is 524. The fraction of sp³-hybridized carbons (Fsp3) is 0.333. The van der Waals surface area contributed by atoms with Crippen LogP contribution in [0.5, 0.6) is 0 Å². The molecule has 0 aliphatic carbocycles. The summed E-state index contributed by atoms with van der Waals surface area (Å²) in [6, 6.07) is 10.7. The maximum Gasteiger partial charge on any atom is 0.147 e. The van der Waals surface area contributed by atoms with Gasteiger partial charge in [0.15, 0.2) is 0 Å². The van der Waals surface area contributed by atoms with Gasteiger partial charge < -0.3 is 10.6 Å². The van der Waals surface area contributed by atoms with Crippen LogP contribution in [0.1, 0.15) is 23.6 Å². The second kappa shape index (κ2) is 5.36. The summed E-state index contributed by atoms with van der Waals surface area (Å²) in [4.78, 5) is 11.1. The molecular weight excluding hydrogens is 236 g/mol. The van der Waals surface area contributed by atoms with Crippen LogP contribution in [0, 0.1) is 0 Å². The Kier molecular flexibility index (Phi) is 3.42. The van der Waals surface area contributed by atoms with E-state index in [-0.39, 0.29) is 0 Å². The van der Waals surface area contributed by atoms with E-state index in [1.54, 1.807) is 6.20 Å². The number of aromatic nitrogens is 2. The van der Waals surface area contributed by atoms with Crippen LogP contribution in [-0.4, -0.2) is 23.1 Å².